The number of benzene rings is 1. The number of amides is 1. The average molecular weight is 290 g/mol. The monoisotopic (exact) mass is 289 g/mol. The summed E-state index contributed by atoms with van der Waals surface area (Å²) in [4.78, 5) is 18.3. The van der Waals surface area contributed by atoms with Crippen molar-refractivity contribution in [2.45, 2.75) is 6.92 Å². The van der Waals surface area contributed by atoms with Crippen LogP contribution in [-0.4, -0.2) is 25.0 Å². The molecule has 4 nitrogen and oxygen atoms in total. The summed E-state index contributed by atoms with van der Waals surface area (Å²) in [5, 5.41) is 3.46. The van der Waals surface area contributed by atoms with Gasteiger partial charge in [0.15, 0.2) is 0 Å². The lowest BCUT2D eigenvalue weighted by molar-refractivity contribution is 0.102. The van der Waals surface area contributed by atoms with Gasteiger partial charge in [0.05, 0.1) is 0 Å². The maximum absolute atomic E-state index is 12.3. The van der Waals surface area contributed by atoms with E-state index in [1.165, 1.54) is 0 Å². The van der Waals surface area contributed by atoms with E-state index < -0.39 is 0 Å². The molecule has 2 rings (SSSR count). The van der Waals surface area contributed by atoms with Gasteiger partial charge in [-0.15, -0.1) is 0 Å². The smallest absolute Gasteiger partial charge is 0.255 e. The van der Waals surface area contributed by atoms with Crippen molar-refractivity contribution in [1.29, 1.82) is 0 Å². The third-order valence-corrected chi connectivity index (χ3v) is 3.15. The van der Waals surface area contributed by atoms with Crippen LogP contribution in [0.4, 0.5) is 11.5 Å². The Kier molecular flexibility index (Phi) is 4.25. The largest absolute Gasteiger partial charge is 0.363 e. The second kappa shape index (κ2) is 5.92. The van der Waals surface area contributed by atoms with Crippen molar-refractivity contribution in [3.8, 4) is 0 Å². The summed E-state index contributed by atoms with van der Waals surface area (Å²) >= 11 is 5.95. The fourth-order valence-electron chi connectivity index (χ4n) is 1.73. The molecular weight excluding hydrogens is 274 g/mol. The first-order chi connectivity index (χ1) is 9.47. The van der Waals surface area contributed by atoms with Crippen molar-refractivity contribution in [3.05, 3.63) is 52.7 Å². The van der Waals surface area contributed by atoms with Gasteiger partial charge in [-0.3, -0.25) is 4.79 Å². The van der Waals surface area contributed by atoms with E-state index in [2.05, 4.69) is 10.3 Å². The Morgan fingerprint density at radius 3 is 2.70 bits per heavy atom. The summed E-state index contributed by atoms with van der Waals surface area (Å²) in [6.45, 7) is 1.92. The number of pyridine rings is 1. The number of carbonyl (C=O) groups excluding carboxylic acids is 1. The lowest BCUT2D eigenvalue weighted by Gasteiger charge is -2.13. The highest BCUT2D eigenvalue weighted by atomic mass is 35.5. The highest BCUT2D eigenvalue weighted by molar-refractivity contribution is 6.31. The molecule has 104 valence electrons. The number of hydrogen-bond acceptors (Lipinski definition) is 3. The molecule has 1 N–H and O–H groups in total. The third-order valence-electron chi connectivity index (χ3n) is 2.91. The molecule has 2 aromatic rings. The third kappa shape index (κ3) is 3.27. The standard InChI is InChI=1S/C15H16ClN3O/c1-10-4-5-12(16)9-13(10)18-15(20)11-6-7-17-14(8-11)19(2)3/h4-9H,1-3H3,(H,18,20). The highest BCUT2D eigenvalue weighted by Crippen LogP contribution is 2.21. The molecule has 0 saturated heterocycles. The number of nitrogens with zero attached hydrogens (tertiary/aromatic N) is 2. The number of hydrogen-bond donors (Lipinski definition) is 1. The number of aromatic nitrogens is 1. The van der Waals surface area contributed by atoms with Gasteiger partial charge in [0.1, 0.15) is 5.82 Å². The fourth-order valence-corrected chi connectivity index (χ4v) is 1.90. The van der Waals surface area contributed by atoms with E-state index in [4.69, 9.17) is 11.6 Å². The lowest BCUT2D eigenvalue weighted by atomic mass is 10.2. The molecule has 0 spiro atoms. The Morgan fingerprint density at radius 1 is 1.25 bits per heavy atom. The summed E-state index contributed by atoms with van der Waals surface area (Å²) in [6, 6.07) is 8.83. The van der Waals surface area contributed by atoms with Crippen molar-refractivity contribution in [2.24, 2.45) is 0 Å². The van der Waals surface area contributed by atoms with Gasteiger partial charge in [-0.1, -0.05) is 17.7 Å². The average Bonchev–Trinajstić information content (AvgIpc) is 2.43. The van der Waals surface area contributed by atoms with E-state index in [0.717, 1.165) is 11.4 Å². The molecule has 1 amide bonds. The Bertz CT molecular complexity index is 641. The van der Waals surface area contributed by atoms with E-state index in [0.29, 0.717) is 16.3 Å². The summed E-state index contributed by atoms with van der Waals surface area (Å²) in [7, 11) is 3.76. The van der Waals surface area contributed by atoms with Gasteiger partial charge < -0.3 is 10.2 Å². The Labute approximate surface area is 123 Å². The Hall–Kier alpha value is -2.07. The number of rotatable bonds is 3. The van der Waals surface area contributed by atoms with Gasteiger partial charge in [0.25, 0.3) is 5.91 Å². The Morgan fingerprint density at radius 2 is 2.00 bits per heavy atom. The molecule has 1 aromatic carbocycles. The molecule has 0 bridgehead atoms. The van der Waals surface area contributed by atoms with Crippen molar-refractivity contribution in [2.75, 3.05) is 24.3 Å². The summed E-state index contributed by atoms with van der Waals surface area (Å²) in [5.74, 6) is 0.557. The number of anilines is 2. The van der Waals surface area contributed by atoms with Crippen molar-refractivity contribution >= 4 is 29.0 Å². The number of aryl methyl sites for hydroxylation is 1. The minimum atomic E-state index is -0.180. The van der Waals surface area contributed by atoms with Crippen LogP contribution < -0.4 is 10.2 Å². The molecule has 0 fully saturated rings. The highest BCUT2D eigenvalue weighted by Gasteiger charge is 2.10. The predicted octanol–water partition coefficient (Wildman–Crippen LogP) is 3.36. The van der Waals surface area contributed by atoms with Crippen LogP contribution in [-0.2, 0) is 0 Å². The first kappa shape index (κ1) is 14.3. The normalized spacial score (nSPS) is 10.2. The zero-order valence-electron chi connectivity index (χ0n) is 11.6. The predicted molar refractivity (Wildman–Crippen MR) is 82.7 cm³/mol. The van der Waals surface area contributed by atoms with E-state index >= 15 is 0 Å². The molecule has 0 aliphatic carbocycles. The van der Waals surface area contributed by atoms with Crippen LogP contribution in [0.5, 0.6) is 0 Å². The van der Waals surface area contributed by atoms with Gasteiger partial charge in [-0.2, -0.15) is 0 Å². The first-order valence-corrected chi connectivity index (χ1v) is 6.56. The maximum atomic E-state index is 12.3. The molecule has 1 heterocycles. The first-order valence-electron chi connectivity index (χ1n) is 6.18. The molecule has 1 aromatic heterocycles. The Balaban J connectivity index is 2.24. The van der Waals surface area contributed by atoms with Crippen LogP contribution in [0.3, 0.4) is 0 Å². The zero-order valence-corrected chi connectivity index (χ0v) is 12.4. The van der Waals surface area contributed by atoms with Gasteiger partial charge in [-0.25, -0.2) is 4.98 Å². The summed E-state index contributed by atoms with van der Waals surface area (Å²) in [6.07, 6.45) is 1.62. The van der Waals surface area contributed by atoms with Gasteiger partial charge in [0.2, 0.25) is 0 Å². The molecule has 20 heavy (non-hydrogen) atoms. The van der Waals surface area contributed by atoms with E-state index in [9.17, 15) is 4.79 Å². The van der Waals surface area contributed by atoms with Crippen molar-refractivity contribution in [3.63, 3.8) is 0 Å². The number of halogens is 1. The van der Waals surface area contributed by atoms with E-state index in [1.54, 1.807) is 30.5 Å². The summed E-state index contributed by atoms with van der Waals surface area (Å²) < 4.78 is 0. The van der Waals surface area contributed by atoms with E-state index in [-0.39, 0.29) is 5.91 Å². The van der Waals surface area contributed by atoms with Crippen LogP contribution in [0, 0.1) is 6.92 Å². The summed E-state index contributed by atoms with van der Waals surface area (Å²) in [5.41, 5.74) is 2.23. The van der Waals surface area contributed by atoms with Crippen molar-refractivity contribution in [1.82, 2.24) is 4.98 Å². The molecule has 0 unspecified atom stereocenters. The fraction of sp³-hybridized carbons (Fsp3) is 0.200. The molecule has 0 atom stereocenters. The molecule has 0 aliphatic rings. The van der Waals surface area contributed by atoms with Gasteiger partial charge in [0, 0.05) is 36.6 Å². The molecule has 0 saturated carbocycles. The van der Waals surface area contributed by atoms with Crippen LogP contribution in [0.2, 0.25) is 5.02 Å². The van der Waals surface area contributed by atoms with Crippen LogP contribution in [0.25, 0.3) is 0 Å². The maximum Gasteiger partial charge on any atom is 0.255 e. The lowest BCUT2D eigenvalue weighted by Crippen LogP contribution is -2.15. The molecular formula is C15H16ClN3O. The zero-order chi connectivity index (χ0) is 14.7. The van der Waals surface area contributed by atoms with Crippen LogP contribution in [0.15, 0.2) is 36.5 Å². The quantitative estimate of drug-likeness (QED) is 0.942. The topological polar surface area (TPSA) is 45.2 Å². The number of carbonyl (C=O) groups is 1. The van der Waals surface area contributed by atoms with Gasteiger partial charge >= 0.3 is 0 Å². The van der Waals surface area contributed by atoms with Crippen LogP contribution in [0.1, 0.15) is 15.9 Å². The molecule has 5 heteroatoms. The molecule has 0 aliphatic heterocycles. The van der Waals surface area contributed by atoms with Gasteiger partial charge in [-0.05, 0) is 36.8 Å². The molecule has 0 radical (unpaired) electrons. The second-order valence-corrected chi connectivity index (χ2v) is 5.15. The second-order valence-electron chi connectivity index (χ2n) is 4.71. The van der Waals surface area contributed by atoms with E-state index in [1.807, 2.05) is 32.0 Å². The minimum Gasteiger partial charge on any atom is -0.363 e. The van der Waals surface area contributed by atoms with Crippen LogP contribution >= 0.6 is 11.6 Å². The SMILES string of the molecule is Cc1ccc(Cl)cc1NC(=O)c1ccnc(N(C)C)c1. The number of nitrogens with one attached hydrogen (secondary N) is 1. The van der Waals surface area contributed by atoms with Crippen molar-refractivity contribution < 1.29 is 4.79 Å². The minimum absolute atomic E-state index is 0.180.